The van der Waals surface area contributed by atoms with Crippen molar-refractivity contribution in [2.45, 2.75) is 6.92 Å². The standard InChI is InChI=1S/C16H10BrClN2O3/c1-8-5-9(17)7-19-15(8)20-16(22)13-6-12(21)10-3-2-4-11(18)14(10)23-13/h2-7H,1H3,(H,19,20,22). The molecule has 2 heterocycles. The lowest BCUT2D eigenvalue weighted by molar-refractivity contribution is 0.0996. The molecule has 0 saturated heterocycles. The first kappa shape index (κ1) is 15.7. The maximum atomic E-state index is 12.3. The Kier molecular flexibility index (Phi) is 4.19. The van der Waals surface area contributed by atoms with E-state index in [9.17, 15) is 9.59 Å². The highest BCUT2D eigenvalue weighted by atomic mass is 79.9. The van der Waals surface area contributed by atoms with Crippen LogP contribution in [0, 0.1) is 6.92 Å². The molecule has 0 radical (unpaired) electrons. The first-order valence-electron chi connectivity index (χ1n) is 6.61. The van der Waals surface area contributed by atoms with Crippen LogP contribution in [0.2, 0.25) is 5.02 Å². The van der Waals surface area contributed by atoms with Crippen LogP contribution < -0.4 is 10.7 Å². The van der Waals surface area contributed by atoms with Gasteiger partial charge in [-0.2, -0.15) is 0 Å². The largest absolute Gasteiger partial charge is 0.449 e. The quantitative estimate of drug-likeness (QED) is 0.709. The topological polar surface area (TPSA) is 72.2 Å². The number of benzene rings is 1. The molecule has 23 heavy (non-hydrogen) atoms. The first-order chi connectivity index (χ1) is 11.0. The van der Waals surface area contributed by atoms with Gasteiger partial charge in [0.25, 0.3) is 5.91 Å². The van der Waals surface area contributed by atoms with E-state index in [1.807, 2.05) is 6.07 Å². The number of hydrogen-bond acceptors (Lipinski definition) is 4. The summed E-state index contributed by atoms with van der Waals surface area (Å²) in [5, 5.41) is 3.21. The van der Waals surface area contributed by atoms with Crippen LogP contribution in [0.4, 0.5) is 5.82 Å². The molecule has 116 valence electrons. The Morgan fingerprint density at radius 2 is 2.13 bits per heavy atom. The van der Waals surface area contributed by atoms with E-state index in [0.29, 0.717) is 11.2 Å². The van der Waals surface area contributed by atoms with Crippen molar-refractivity contribution in [1.82, 2.24) is 4.98 Å². The fourth-order valence-electron chi connectivity index (χ4n) is 2.10. The predicted octanol–water partition coefficient (Wildman–Crippen LogP) is 4.16. The Labute approximate surface area is 144 Å². The van der Waals surface area contributed by atoms with E-state index in [2.05, 4.69) is 26.2 Å². The molecule has 5 nitrogen and oxygen atoms in total. The lowest BCUT2D eigenvalue weighted by atomic mass is 10.2. The minimum atomic E-state index is -0.568. The van der Waals surface area contributed by atoms with Crippen molar-refractivity contribution in [3.05, 3.63) is 67.6 Å². The number of anilines is 1. The fraction of sp³-hybridized carbons (Fsp3) is 0.0625. The molecule has 1 amide bonds. The minimum Gasteiger partial charge on any atom is -0.449 e. The van der Waals surface area contributed by atoms with E-state index in [1.54, 1.807) is 31.3 Å². The first-order valence-corrected chi connectivity index (χ1v) is 7.78. The molecular formula is C16H10BrClN2O3. The van der Waals surface area contributed by atoms with Crippen LogP contribution in [0.1, 0.15) is 16.1 Å². The van der Waals surface area contributed by atoms with Crippen molar-refractivity contribution >= 4 is 50.2 Å². The van der Waals surface area contributed by atoms with Crippen molar-refractivity contribution in [3.8, 4) is 0 Å². The van der Waals surface area contributed by atoms with Crippen LogP contribution in [-0.2, 0) is 0 Å². The van der Waals surface area contributed by atoms with Crippen molar-refractivity contribution in [2.24, 2.45) is 0 Å². The average Bonchev–Trinajstić information content (AvgIpc) is 2.51. The Bertz CT molecular complexity index is 985. The lowest BCUT2D eigenvalue weighted by Gasteiger charge is -2.08. The molecule has 3 rings (SSSR count). The number of rotatable bonds is 2. The predicted molar refractivity (Wildman–Crippen MR) is 92.1 cm³/mol. The van der Waals surface area contributed by atoms with Gasteiger partial charge in [0.2, 0.25) is 0 Å². The summed E-state index contributed by atoms with van der Waals surface area (Å²) in [6.07, 6.45) is 1.57. The van der Waals surface area contributed by atoms with E-state index in [0.717, 1.165) is 16.1 Å². The van der Waals surface area contributed by atoms with Gasteiger partial charge in [0.05, 0.1) is 10.4 Å². The van der Waals surface area contributed by atoms with Gasteiger partial charge in [0, 0.05) is 16.7 Å². The van der Waals surface area contributed by atoms with Crippen molar-refractivity contribution in [3.63, 3.8) is 0 Å². The summed E-state index contributed by atoms with van der Waals surface area (Å²) >= 11 is 9.33. The number of aromatic nitrogens is 1. The highest BCUT2D eigenvalue weighted by Gasteiger charge is 2.15. The van der Waals surface area contributed by atoms with Crippen molar-refractivity contribution < 1.29 is 9.21 Å². The van der Waals surface area contributed by atoms with Gasteiger partial charge >= 0.3 is 0 Å². The third-order valence-corrected chi connectivity index (χ3v) is 3.94. The van der Waals surface area contributed by atoms with E-state index < -0.39 is 5.91 Å². The van der Waals surface area contributed by atoms with E-state index in [1.165, 1.54) is 0 Å². The molecular weight excluding hydrogens is 384 g/mol. The Morgan fingerprint density at radius 3 is 2.87 bits per heavy atom. The summed E-state index contributed by atoms with van der Waals surface area (Å²) in [5.74, 6) is -0.304. The minimum absolute atomic E-state index is 0.125. The van der Waals surface area contributed by atoms with Gasteiger partial charge in [-0.1, -0.05) is 17.7 Å². The van der Waals surface area contributed by atoms with Gasteiger partial charge in [-0.05, 0) is 46.6 Å². The molecule has 0 aliphatic rings. The summed E-state index contributed by atoms with van der Waals surface area (Å²) in [5.41, 5.74) is 0.626. The zero-order valence-electron chi connectivity index (χ0n) is 11.9. The summed E-state index contributed by atoms with van der Waals surface area (Å²) < 4.78 is 6.29. The second kappa shape index (κ2) is 6.14. The normalized spacial score (nSPS) is 10.7. The maximum absolute atomic E-state index is 12.3. The summed E-state index contributed by atoms with van der Waals surface area (Å²) in [7, 11) is 0. The molecule has 1 N–H and O–H groups in total. The lowest BCUT2D eigenvalue weighted by Crippen LogP contribution is -2.16. The summed E-state index contributed by atoms with van der Waals surface area (Å²) in [4.78, 5) is 28.5. The maximum Gasteiger partial charge on any atom is 0.292 e. The number of aryl methyl sites for hydroxylation is 1. The van der Waals surface area contributed by atoms with Crippen LogP contribution >= 0.6 is 27.5 Å². The smallest absolute Gasteiger partial charge is 0.292 e. The Balaban J connectivity index is 2.01. The number of pyridine rings is 1. The summed E-state index contributed by atoms with van der Waals surface area (Å²) in [6, 6.07) is 7.79. The molecule has 3 aromatic rings. The van der Waals surface area contributed by atoms with Crippen LogP contribution in [0.15, 0.2) is 50.2 Å². The Hall–Kier alpha value is -2.18. The second-order valence-electron chi connectivity index (χ2n) is 4.86. The van der Waals surface area contributed by atoms with E-state index in [4.69, 9.17) is 16.0 Å². The van der Waals surface area contributed by atoms with Crippen molar-refractivity contribution in [1.29, 1.82) is 0 Å². The fourth-order valence-corrected chi connectivity index (χ4v) is 2.75. The number of amides is 1. The number of carbonyl (C=O) groups is 1. The van der Waals surface area contributed by atoms with Gasteiger partial charge < -0.3 is 9.73 Å². The number of nitrogens with zero attached hydrogens (tertiary/aromatic N) is 1. The molecule has 0 bridgehead atoms. The highest BCUT2D eigenvalue weighted by molar-refractivity contribution is 9.10. The third-order valence-electron chi connectivity index (χ3n) is 3.21. The van der Waals surface area contributed by atoms with Gasteiger partial charge in [-0.15, -0.1) is 0 Å². The Morgan fingerprint density at radius 1 is 1.35 bits per heavy atom. The van der Waals surface area contributed by atoms with E-state index in [-0.39, 0.29) is 21.8 Å². The molecule has 7 heteroatoms. The molecule has 0 saturated carbocycles. The molecule has 0 aliphatic carbocycles. The zero-order valence-corrected chi connectivity index (χ0v) is 14.2. The number of para-hydroxylation sites is 1. The zero-order chi connectivity index (χ0) is 16.6. The van der Waals surface area contributed by atoms with Crippen molar-refractivity contribution in [2.75, 3.05) is 5.32 Å². The monoisotopic (exact) mass is 392 g/mol. The van der Waals surface area contributed by atoms with Crippen LogP contribution in [-0.4, -0.2) is 10.9 Å². The SMILES string of the molecule is Cc1cc(Br)cnc1NC(=O)c1cc(=O)c2cccc(Cl)c2o1. The molecule has 2 aromatic heterocycles. The molecule has 1 aromatic carbocycles. The molecule has 0 unspecified atom stereocenters. The van der Waals surface area contributed by atoms with Gasteiger partial charge in [0.15, 0.2) is 16.8 Å². The third kappa shape index (κ3) is 3.13. The van der Waals surface area contributed by atoms with Gasteiger partial charge in [-0.3, -0.25) is 9.59 Å². The molecule has 0 spiro atoms. The van der Waals surface area contributed by atoms with Crippen LogP contribution in [0.5, 0.6) is 0 Å². The summed E-state index contributed by atoms with van der Waals surface area (Å²) in [6.45, 7) is 1.81. The average molecular weight is 394 g/mol. The van der Waals surface area contributed by atoms with Crippen LogP contribution in [0.25, 0.3) is 11.0 Å². The second-order valence-corrected chi connectivity index (χ2v) is 6.19. The van der Waals surface area contributed by atoms with Gasteiger partial charge in [0.1, 0.15) is 5.82 Å². The van der Waals surface area contributed by atoms with E-state index >= 15 is 0 Å². The number of hydrogen-bond donors (Lipinski definition) is 1. The molecule has 0 aliphatic heterocycles. The number of carbonyl (C=O) groups excluding carboxylic acids is 1. The molecule has 0 fully saturated rings. The molecule has 0 atom stereocenters. The van der Waals surface area contributed by atoms with Crippen LogP contribution in [0.3, 0.4) is 0 Å². The van der Waals surface area contributed by atoms with Gasteiger partial charge in [-0.25, -0.2) is 4.98 Å². The number of nitrogens with one attached hydrogen (secondary N) is 1. The number of fused-ring (bicyclic) bond motifs is 1. The highest BCUT2D eigenvalue weighted by Crippen LogP contribution is 2.23. The number of halogens is 2.